The molecule has 20 heavy (non-hydrogen) atoms. The topological polar surface area (TPSA) is 41.1 Å². The number of nitrogens with one attached hydrogen (secondary N) is 2. The monoisotopic (exact) mass is 272 g/mol. The third kappa shape index (κ3) is 3.60. The molecule has 1 aliphatic carbocycles. The van der Waals surface area contributed by atoms with Gasteiger partial charge in [0.2, 0.25) is 5.91 Å². The minimum atomic E-state index is 0.243. The number of amides is 1. The molecule has 0 spiro atoms. The predicted molar refractivity (Wildman–Crippen MR) is 80.6 cm³/mol. The van der Waals surface area contributed by atoms with E-state index in [0.717, 1.165) is 31.8 Å². The molecule has 1 saturated heterocycles. The number of carbonyl (C=O) groups excluding carboxylic acids is 1. The molecular weight excluding hydrogens is 248 g/mol. The number of benzene rings is 1. The zero-order valence-corrected chi connectivity index (χ0v) is 12.0. The highest BCUT2D eigenvalue weighted by Crippen LogP contribution is 2.40. The van der Waals surface area contributed by atoms with Crippen LogP contribution in [0.5, 0.6) is 0 Å². The summed E-state index contributed by atoms with van der Waals surface area (Å²) in [4.78, 5) is 12.0. The maximum Gasteiger partial charge on any atom is 0.220 e. The molecule has 2 N–H and O–H groups in total. The Morgan fingerprint density at radius 3 is 2.70 bits per heavy atom. The van der Waals surface area contributed by atoms with Crippen molar-refractivity contribution in [3.63, 3.8) is 0 Å². The fourth-order valence-corrected chi connectivity index (χ4v) is 3.21. The number of piperidine rings is 1. The summed E-state index contributed by atoms with van der Waals surface area (Å²) in [7, 11) is 0. The maximum absolute atomic E-state index is 12.0. The first-order valence-corrected chi connectivity index (χ1v) is 7.88. The fourth-order valence-electron chi connectivity index (χ4n) is 3.21. The van der Waals surface area contributed by atoms with Crippen LogP contribution in [0, 0.1) is 5.92 Å². The molecule has 0 bridgehead atoms. The van der Waals surface area contributed by atoms with E-state index in [9.17, 15) is 4.79 Å². The summed E-state index contributed by atoms with van der Waals surface area (Å²) in [5.74, 6) is 1.53. The summed E-state index contributed by atoms with van der Waals surface area (Å²) in [6.07, 6.45) is 5.30. The highest BCUT2D eigenvalue weighted by atomic mass is 16.1. The summed E-state index contributed by atoms with van der Waals surface area (Å²) in [5, 5.41) is 6.56. The Kier molecular flexibility index (Phi) is 4.36. The molecular formula is C17H24N2O. The largest absolute Gasteiger partial charge is 0.353 e. The minimum absolute atomic E-state index is 0.243. The van der Waals surface area contributed by atoms with Crippen LogP contribution < -0.4 is 10.6 Å². The molecule has 2 unspecified atom stereocenters. The second-order valence-corrected chi connectivity index (χ2v) is 6.16. The van der Waals surface area contributed by atoms with Gasteiger partial charge in [-0.15, -0.1) is 0 Å². The van der Waals surface area contributed by atoms with Crippen molar-refractivity contribution in [2.75, 3.05) is 13.1 Å². The van der Waals surface area contributed by atoms with Gasteiger partial charge in [-0.25, -0.2) is 0 Å². The highest BCUT2D eigenvalue weighted by molar-refractivity contribution is 5.76. The average Bonchev–Trinajstić information content (AvgIpc) is 3.26. The Balaban J connectivity index is 1.38. The van der Waals surface area contributed by atoms with Gasteiger partial charge in [-0.2, -0.15) is 0 Å². The van der Waals surface area contributed by atoms with E-state index >= 15 is 0 Å². The second kappa shape index (κ2) is 6.40. The van der Waals surface area contributed by atoms with Crippen molar-refractivity contribution >= 4 is 5.91 Å². The Morgan fingerprint density at radius 2 is 1.95 bits per heavy atom. The molecule has 1 saturated carbocycles. The average molecular weight is 272 g/mol. The van der Waals surface area contributed by atoms with Crippen LogP contribution in [0.4, 0.5) is 0 Å². The maximum atomic E-state index is 12.0. The zero-order chi connectivity index (χ0) is 13.8. The molecule has 3 nitrogen and oxygen atoms in total. The van der Waals surface area contributed by atoms with Gasteiger partial charge in [0.1, 0.15) is 0 Å². The molecule has 2 fully saturated rings. The molecule has 0 radical (unpaired) electrons. The van der Waals surface area contributed by atoms with Crippen LogP contribution in [-0.2, 0) is 4.79 Å². The number of hydrogen-bond donors (Lipinski definition) is 2. The van der Waals surface area contributed by atoms with Crippen LogP contribution in [0.3, 0.4) is 0 Å². The van der Waals surface area contributed by atoms with Crippen molar-refractivity contribution in [3.8, 4) is 0 Å². The van der Waals surface area contributed by atoms with Gasteiger partial charge in [-0.3, -0.25) is 4.79 Å². The quantitative estimate of drug-likeness (QED) is 0.864. The van der Waals surface area contributed by atoms with E-state index in [0.29, 0.717) is 18.4 Å². The Hall–Kier alpha value is -1.35. The van der Waals surface area contributed by atoms with Crippen molar-refractivity contribution < 1.29 is 4.79 Å². The van der Waals surface area contributed by atoms with Gasteiger partial charge >= 0.3 is 0 Å². The fraction of sp³-hybridized carbons (Fsp3) is 0.588. The van der Waals surface area contributed by atoms with E-state index < -0.39 is 0 Å². The first kappa shape index (κ1) is 13.6. The second-order valence-electron chi connectivity index (χ2n) is 6.16. The van der Waals surface area contributed by atoms with Gasteiger partial charge in [0.05, 0.1) is 0 Å². The molecule has 1 amide bonds. The van der Waals surface area contributed by atoms with Gasteiger partial charge in [0, 0.05) is 18.4 Å². The van der Waals surface area contributed by atoms with Crippen molar-refractivity contribution in [1.82, 2.24) is 10.6 Å². The summed E-state index contributed by atoms with van der Waals surface area (Å²) in [5.41, 5.74) is 1.36. The highest BCUT2D eigenvalue weighted by Gasteiger charge is 2.39. The molecule has 2 aliphatic rings. The minimum Gasteiger partial charge on any atom is -0.353 e. The van der Waals surface area contributed by atoms with Crippen LogP contribution in [-0.4, -0.2) is 25.0 Å². The molecule has 2 atom stereocenters. The standard InChI is InChI=1S/C17H24N2O/c20-17(7-6-13-8-10-18-11-9-13)19-16-12-15(16)14-4-2-1-3-5-14/h1-5,13,15-16,18H,6-12H2,(H,19,20). The molecule has 108 valence electrons. The van der Waals surface area contributed by atoms with Gasteiger partial charge < -0.3 is 10.6 Å². The summed E-state index contributed by atoms with van der Waals surface area (Å²) in [6, 6.07) is 10.9. The molecule has 1 heterocycles. The Morgan fingerprint density at radius 1 is 1.20 bits per heavy atom. The lowest BCUT2D eigenvalue weighted by Gasteiger charge is -2.22. The van der Waals surface area contributed by atoms with E-state index in [2.05, 4.69) is 34.9 Å². The number of hydrogen-bond acceptors (Lipinski definition) is 2. The van der Waals surface area contributed by atoms with Crippen molar-refractivity contribution in [3.05, 3.63) is 35.9 Å². The van der Waals surface area contributed by atoms with Crippen molar-refractivity contribution in [2.45, 2.75) is 44.1 Å². The lowest BCUT2D eigenvalue weighted by atomic mass is 9.93. The molecule has 1 aromatic carbocycles. The third-order valence-electron chi connectivity index (χ3n) is 4.60. The van der Waals surface area contributed by atoms with E-state index in [1.54, 1.807) is 0 Å². The van der Waals surface area contributed by atoms with Gasteiger partial charge in [0.15, 0.2) is 0 Å². The molecule has 1 aliphatic heterocycles. The van der Waals surface area contributed by atoms with Crippen LogP contribution in [0.25, 0.3) is 0 Å². The third-order valence-corrected chi connectivity index (χ3v) is 4.60. The SMILES string of the molecule is O=C(CCC1CCNCC1)NC1CC1c1ccccc1. The first-order chi connectivity index (χ1) is 9.83. The van der Waals surface area contributed by atoms with E-state index in [-0.39, 0.29) is 5.91 Å². The van der Waals surface area contributed by atoms with Gasteiger partial charge in [-0.1, -0.05) is 30.3 Å². The van der Waals surface area contributed by atoms with Gasteiger partial charge in [0.25, 0.3) is 0 Å². The van der Waals surface area contributed by atoms with Crippen molar-refractivity contribution in [2.24, 2.45) is 5.92 Å². The van der Waals surface area contributed by atoms with E-state index in [4.69, 9.17) is 0 Å². The smallest absolute Gasteiger partial charge is 0.220 e. The lowest BCUT2D eigenvalue weighted by molar-refractivity contribution is -0.121. The number of carbonyl (C=O) groups is 1. The number of rotatable bonds is 5. The summed E-state index contributed by atoms with van der Waals surface area (Å²) >= 11 is 0. The first-order valence-electron chi connectivity index (χ1n) is 7.88. The Labute approximate surface area is 121 Å². The summed E-state index contributed by atoms with van der Waals surface area (Å²) < 4.78 is 0. The lowest BCUT2D eigenvalue weighted by Crippen LogP contribution is -2.30. The molecule has 3 heteroatoms. The van der Waals surface area contributed by atoms with Crippen molar-refractivity contribution in [1.29, 1.82) is 0 Å². The van der Waals surface area contributed by atoms with Gasteiger partial charge in [-0.05, 0) is 50.3 Å². The van der Waals surface area contributed by atoms with Crippen LogP contribution in [0.1, 0.15) is 43.6 Å². The van der Waals surface area contributed by atoms with Crippen LogP contribution >= 0.6 is 0 Å². The summed E-state index contributed by atoms with van der Waals surface area (Å²) in [6.45, 7) is 2.23. The van der Waals surface area contributed by atoms with Crippen LogP contribution in [0.2, 0.25) is 0 Å². The normalized spacial score (nSPS) is 26.2. The Bertz CT molecular complexity index is 440. The van der Waals surface area contributed by atoms with Crippen LogP contribution in [0.15, 0.2) is 30.3 Å². The molecule has 1 aromatic rings. The molecule has 3 rings (SSSR count). The van der Waals surface area contributed by atoms with E-state index in [1.165, 1.54) is 18.4 Å². The predicted octanol–water partition coefficient (Wildman–Crippen LogP) is 2.44. The van der Waals surface area contributed by atoms with E-state index in [1.807, 2.05) is 6.07 Å². The molecule has 0 aromatic heterocycles. The zero-order valence-electron chi connectivity index (χ0n) is 12.0.